The maximum Gasteiger partial charge on any atom is 0.0941 e. The van der Waals surface area contributed by atoms with Crippen molar-refractivity contribution in [3.05, 3.63) is 36.3 Å². The van der Waals surface area contributed by atoms with E-state index in [0.29, 0.717) is 5.92 Å². The number of aryl methyl sites for hydroxylation is 1. The van der Waals surface area contributed by atoms with Crippen LogP contribution in [0.15, 0.2) is 30.6 Å². The van der Waals surface area contributed by atoms with Crippen LogP contribution >= 0.6 is 0 Å². The summed E-state index contributed by atoms with van der Waals surface area (Å²) in [4.78, 5) is 4.18. The predicted octanol–water partition coefficient (Wildman–Crippen LogP) is 2.43. The van der Waals surface area contributed by atoms with Crippen LogP contribution in [0.2, 0.25) is 0 Å². The molecule has 1 aliphatic rings. The van der Waals surface area contributed by atoms with Gasteiger partial charge in [-0.05, 0) is 51.1 Å². The van der Waals surface area contributed by atoms with Crippen molar-refractivity contribution < 1.29 is 0 Å². The number of pyridine rings is 1. The van der Waals surface area contributed by atoms with E-state index in [4.69, 9.17) is 5.10 Å². The van der Waals surface area contributed by atoms with Gasteiger partial charge >= 0.3 is 0 Å². The van der Waals surface area contributed by atoms with Gasteiger partial charge in [-0.25, -0.2) is 0 Å². The summed E-state index contributed by atoms with van der Waals surface area (Å²) in [6, 6.07) is 6.28. The number of aromatic nitrogens is 3. The first-order valence-corrected chi connectivity index (χ1v) is 7.07. The molecule has 0 aromatic carbocycles. The fourth-order valence-electron chi connectivity index (χ4n) is 2.79. The minimum Gasteiger partial charge on any atom is -0.317 e. The van der Waals surface area contributed by atoms with Gasteiger partial charge in [0.25, 0.3) is 0 Å². The van der Waals surface area contributed by atoms with E-state index < -0.39 is 0 Å². The molecule has 3 heterocycles. The lowest BCUT2D eigenvalue weighted by atomic mass is 9.94. The lowest BCUT2D eigenvalue weighted by Crippen LogP contribution is -2.27. The van der Waals surface area contributed by atoms with Crippen molar-refractivity contribution in [2.24, 2.45) is 0 Å². The van der Waals surface area contributed by atoms with Gasteiger partial charge in [0.2, 0.25) is 0 Å². The Morgan fingerprint density at radius 1 is 1.37 bits per heavy atom. The number of nitrogens with one attached hydrogen (secondary N) is 1. The Balaban J connectivity index is 1.94. The molecule has 1 fully saturated rings. The predicted molar refractivity (Wildman–Crippen MR) is 76.0 cm³/mol. The molecule has 0 unspecified atom stereocenters. The zero-order chi connectivity index (χ0) is 13.1. The molecule has 0 atom stereocenters. The van der Waals surface area contributed by atoms with Gasteiger partial charge in [-0.3, -0.25) is 9.67 Å². The topological polar surface area (TPSA) is 42.7 Å². The Morgan fingerprint density at radius 2 is 2.21 bits per heavy atom. The van der Waals surface area contributed by atoms with Crippen LogP contribution in [0, 0.1) is 0 Å². The van der Waals surface area contributed by atoms with Crippen LogP contribution in [0.4, 0.5) is 0 Å². The van der Waals surface area contributed by atoms with E-state index in [2.05, 4.69) is 34.0 Å². The van der Waals surface area contributed by atoms with Crippen LogP contribution in [0.25, 0.3) is 11.3 Å². The second kappa shape index (κ2) is 5.53. The second-order valence-corrected chi connectivity index (χ2v) is 5.04. The highest BCUT2D eigenvalue weighted by atomic mass is 15.3. The quantitative estimate of drug-likeness (QED) is 0.917. The first kappa shape index (κ1) is 12.4. The minimum atomic E-state index is 0.638. The van der Waals surface area contributed by atoms with Crippen LogP contribution in [0.3, 0.4) is 0 Å². The van der Waals surface area contributed by atoms with Gasteiger partial charge in [0, 0.05) is 36.1 Å². The number of piperidine rings is 1. The molecule has 1 N–H and O–H groups in total. The molecule has 100 valence electrons. The average molecular weight is 256 g/mol. The average Bonchev–Trinajstić information content (AvgIpc) is 2.93. The molecule has 0 bridgehead atoms. The van der Waals surface area contributed by atoms with Gasteiger partial charge in [-0.15, -0.1) is 0 Å². The van der Waals surface area contributed by atoms with E-state index in [0.717, 1.165) is 30.9 Å². The van der Waals surface area contributed by atoms with Crippen molar-refractivity contribution in [3.8, 4) is 11.3 Å². The lowest BCUT2D eigenvalue weighted by Gasteiger charge is -2.23. The first-order valence-electron chi connectivity index (χ1n) is 7.07. The molecular formula is C15H20N4. The molecule has 0 spiro atoms. The van der Waals surface area contributed by atoms with Crippen LogP contribution in [0.1, 0.15) is 31.4 Å². The number of hydrogen-bond donors (Lipinski definition) is 1. The summed E-state index contributed by atoms with van der Waals surface area (Å²) >= 11 is 0. The molecular weight excluding hydrogens is 236 g/mol. The summed E-state index contributed by atoms with van der Waals surface area (Å²) in [5, 5.41) is 8.15. The number of nitrogens with zero attached hydrogens (tertiary/aromatic N) is 3. The molecule has 0 radical (unpaired) electrons. The first-order chi connectivity index (χ1) is 9.38. The molecule has 19 heavy (non-hydrogen) atoms. The smallest absolute Gasteiger partial charge is 0.0941 e. The van der Waals surface area contributed by atoms with Crippen molar-refractivity contribution in [2.45, 2.75) is 32.2 Å². The summed E-state index contributed by atoms with van der Waals surface area (Å²) in [5.41, 5.74) is 3.52. The highest BCUT2D eigenvalue weighted by molar-refractivity contribution is 5.58. The van der Waals surface area contributed by atoms with Crippen molar-refractivity contribution >= 4 is 0 Å². The number of hydrogen-bond acceptors (Lipinski definition) is 3. The van der Waals surface area contributed by atoms with Crippen LogP contribution in [0.5, 0.6) is 0 Å². The third-order valence-electron chi connectivity index (χ3n) is 3.83. The Morgan fingerprint density at radius 3 is 2.89 bits per heavy atom. The highest BCUT2D eigenvalue weighted by Crippen LogP contribution is 2.28. The minimum absolute atomic E-state index is 0.638. The van der Waals surface area contributed by atoms with Gasteiger partial charge in [0.15, 0.2) is 0 Å². The molecule has 4 heteroatoms. The van der Waals surface area contributed by atoms with Crippen LogP contribution < -0.4 is 5.32 Å². The summed E-state index contributed by atoms with van der Waals surface area (Å²) in [7, 11) is 0. The molecule has 0 amide bonds. The third kappa shape index (κ3) is 2.54. The van der Waals surface area contributed by atoms with Gasteiger partial charge in [-0.2, -0.15) is 5.10 Å². The molecule has 2 aromatic rings. The molecule has 0 saturated carbocycles. The van der Waals surface area contributed by atoms with Crippen LogP contribution in [-0.2, 0) is 6.54 Å². The van der Waals surface area contributed by atoms with E-state index in [1.165, 1.54) is 18.5 Å². The Bertz CT molecular complexity index is 526. The summed E-state index contributed by atoms with van der Waals surface area (Å²) in [5.74, 6) is 0.638. The van der Waals surface area contributed by atoms with Crippen molar-refractivity contribution in [2.75, 3.05) is 13.1 Å². The maximum atomic E-state index is 4.73. The highest BCUT2D eigenvalue weighted by Gasteiger charge is 2.20. The monoisotopic (exact) mass is 256 g/mol. The van der Waals surface area contributed by atoms with Gasteiger partial charge in [-0.1, -0.05) is 0 Å². The van der Waals surface area contributed by atoms with E-state index in [9.17, 15) is 0 Å². The van der Waals surface area contributed by atoms with Gasteiger partial charge in [0.1, 0.15) is 0 Å². The standard InChI is InChI=1S/C15H20N4/c1-2-19-15(12-5-8-16-9-6-12)10-14(18-19)13-4-3-7-17-11-13/h3-4,7,10-12,16H,2,5-6,8-9H2,1H3. The normalized spacial score (nSPS) is 16.7. The van der Waals surface area contributed by atoms with Crippen molar-refractivity contribution in [3.63, 3.8) is 0 Å². The third-order valence-corrected chi connectivity index (χ3v) is 3.83. The van der Waals surface area contributed by atoms with Gasteiger partial charge in [0.05, 0.1) is 5.69 Å². The van der Waals surface area contributed by atoms with Crippen molar-refractivity contribution in [1.82, 2.24) is 20.1 Å². The molecule has 4 nitrogen and oxygen atoms in total. The maximum absolute atomic E-state index is 4.73. The zero-order valence-corrected chi connectivity index (χ0v) is 11.3. The molecule has 1 saturated heterocycles. The Kier molecular flexibility index (Phi) is 3.60. The van der Waals surface area contributed by atoms with E-state index >= 15 is 0 Å². The SMILES string of the molecule is CCn1nc(-c2cccnc2)cc1C1CCNCC1. The van der Waals surface area contributed by atoms with E-state index in [-0.39, 0.29) is 0 Å². The Labute approximate surface area is 113 Å². The fourth-order valence-corrected chi connectivity index (χ4v) is 2.79. The van der Waals surface area contributed by atoms with E-state index in [1.54, 1.807) is 6.20 Å². The lowest BCUT2D eigenvalue weighted by molar-refractivity contribution is 0.432. The summed E-state index contributed by atoms with van der Waals surface area (Å²) in [6.45, 7) is 5.31. The summed E-state index contributed by atoms with van der Waals surface area (Å²) in [6.07, 6.45) is 6.10. The zero-order valence-electron chi connectivity index (χ0n) is 11.3. The van der Waals surface area contributed by atoms with E-state index in [1.807, 2.05) is 12.3 Å². The molecule has 1 aliphatic heterocycles. The summed E-state index contributed by atoms with van der Waals surface area (Å²) < 4.78 is 2.15. The largest absolute Gasteiger partial charge is 0.317 e. The van der Waals surface area contributed by atoms with Gasteiger partial charge < -0.3 is 5.32 Å². The Hall–Kier alpha value is -1.68. The molecule has 3 rings (SSSR count). The van der Waals surface area contributed by atoms with Crippen LogP contribution in [-0.4, -0.2) is 27.9 Å². The second-order valence-electron chi connectivity index (χ2n) is 5.04. The fraction of sp³-hybridized carbons (Fsp3) is 0.467. The van der Waals surface area contributed by atoms with Crippen molar-refractivity contribution in [1.29, 1.82) is 0 Å². The number of rotatable bonds is 3. The molecule has 0 aliphatic carbocycles. The molecule has 2 aromatic heterocycles.